The van der Waals surface area contributed by atoms with Crippen LogP contribution in [0.15, 0.2) is 46.8 Å². The molecule has 3 aromatic rings. The van der Waals surface area contributed by atoms with Crippen molar-refractivity contribution in [2.24, 2.45) is 0 Å². The highest BCUT2D eigenvalue weighted by Crippen LogP contribution is 2.23. The van der Waals surface area contributed by atoms with Gasteiger partial charge in [-0.1, -0.05) is 11.2 Å². The van der Waals surface area contributed by atoms with Gasteiger partial charge in [0.25, 0.3) is 0 Å². The smallest absolute Gasteiger partial charge is 0.150 e. The van der Waals surface area contributed by atoms with Gasteiger partial charge in [0.2, 0.25) is 0 Å². The summed E-state index contributed by atoms with van der Waals surface area (Å²) >= 11 is 1.68. The fourth-order valence-corrected chi connectivity index (χ4v) is 2.30. The lowest BCUT2D eigenvalue weighted by atomic mass is 10.4. The van der Waals surface area contributed by atoms with Crippen LogP contribution in [0, 0.1) is 0 Å². The molecule has 0 aromatic carbocycles. The average Bonchev–Trinajstić information content (AvgIpc) is 2.98. The van der Waals surface area contributed by atoms with Crippen molar-refractivity contribution in [2.45, 2.75) is 6.54 Å². The lowest BCUT2D eigenvalue weighted by Gasteiger charge is -2.03. The Bertz CT molecular complexity index is 554. The third-order valence-corrected chi connectivity index (χ3v) is 3.15. The molecule has 3 aromatic heterocycles. The molecule has 0 N–H and O–H groups in total. The van der Waals surface area contributed by atoms with Gasteiger partial charge < -0.3 is 9.09 Å². The van der Waals surface area contributed by atoms with Gasteiger partial charge in [0.15, 0.2) is 0 Å². The third-order valence-electron chi connectivity index (χ3n) is 2.28. The largest absolute Gasteiger partial charge is 0.364 e. The van der Waals surface area contributed by atoms with Gasteiger partial charge in [-0.15, -0.1) is 11.3 Å². The lowest BCUT2D eigenvalue weighted by Crippen LogP contribution is -2.00. The monoisotopic (exact) mass is 231 g/mol. The van der Waals surface area contributed by atoms with E-state index < -0.39 is 0 Å². The molecular weight excluding hydrogens is 222 g/mol. The Balaban J connectivity index is 1.94. The maximum atomic E-state index is 4.81. The zero-order chi connectivity index (χ0) is 10.8. The molecule has 0 unspecified atom stereocenters. The Morgan fingerprint density at radius 1 is 1.38 bits per heavy atom. The van der Waals surface area contributed by atoms with Crippen LogP contribution in [0.4, 0.5) is 0 Å². The first kappa shape index (κ1) is 9.35. The molecule has 0 bridgehead atoms. The Hall–Kier alpha value is -1.88. The number of aromatic nitrogens is 3. The number of hydrogen-bond donors (Lipinski definition) is 0. The Morgan fingerprint density at radius 2 is 2.38 bits per heavy atom. The topological polar surface area (TPSA) is 43.9 Å². The highest BCUT2D eigenvalue weighted by molar-refractivity contribution is 7.13. The number of thiophene rings is 1. The van der Waals surface area contributed by atoms with Crippen LogP contribution >= 0.6 is 11.3 Å². The Kier molecular flexibility index (Phi) is 2.30. The SMILES string of the molecule is c1csc(-c2nccn2Cc2ccon2)c1. The summed E-state index contributed by atoms with van der Waals surface area (Å²) in [6.07, 6.45) is 5.33. The molecule has 5 heteroatoms. The number of nitrogens with zero attached hydrogens (tertiary/aromatic N) is 3. The molecule has 3 heterocycles. The van der Waals surface area contributed by atoms with Crippen molar-refractivity contribution in [3.63, 3.8) is 0 Å². The van der Waals surface area contributed by atoms with E-state index in [4.69, 9.17) is 4.52 Å². The van der Waals surface area contributed by atoms with Gasteiger partial charge in [0.05, 0.1) is 11.4 Å². The minimum atomic E-state index is 0.684. The highest BCUT2D eigenvalue weighted by atomic mass is 32.1. The minimum absolute atomic E-state index is 0.684. The molecule has 3 rings (SSSR count). The van der Waals surface area contributed by atoms with Gasteiger partial charge in [0.1, 0.15) is 17.8 Å². The van der Waals surface area contributed by atoms with Crippen LogP contribution in [0.3, 0.4) is 0 Å². The maximum Gasteiger partial charge on any atom is 0.150 e. The van der Waals surface area contributed by atoms with E-state index in [0.717, 1.165) is 16.4 Å². The van der Waals surface area contributed by atoms with Crippen LogP contribution in [0.1, 0.15) is 5.69 Å². The van der Waals surface area contributed by atoms with Crippen molar-refractivity contribution in [1.29, 1.82) is 0 Å². The number of hydrogen-bond acceptors (Lipinski definition) is 4. The second-order valence-corrected chi connectivity index (χ2v) is 4.29. The first-order chi connectivity index (χ1) is 7.93. The zero-order valence-electron chi connectivity index (χ0n) is 8.41. The van der Waals surface area contributed by atoms with Crippen molar-refractivity contribution in [3.8, 4) is 10.7 Å². The van der Waals surface area contributed by atoms with E-state index in [1.807, 2.05) is 23.7 Å². The molecule has 0 aliphatic heterocycles. The Morgan fingerprint density at radius 3 is 3.12 bits per heavy atom. The second-order valence-electron chi connectivity index (χ2n) is 3.35. The molecule has 16 heavy (non-hydrogen) atoms. The summed E-state index contributed by atoms with van der Waals surface area (Å²) in [5.74, 6) is 0.970. The Labute approximate surface area is 96.2 Å². The standard InChI is InChI=1S/C11H9N3OS/c1-2-10(16-7-1)11-12-4-5-14(11)8-9-3-6-15-13-9/h1-7H,8H2. The summed E-state index contributed by atoms with van der Waals surface area (Å²) in [7, 11) is 0. The first-order valence-electron chi connectivity index (χ1n) is 4.88. The van der Waals surface area contributed by atoms with E-state index in [9.17, 15) is 0 Å². The van der Waals surface area contributed by atoms with E-state index >= 15 is 0 Å². The normalized spacial score (nSPS) is 10.8. The predicted molar refractivity (Wildman–Crippen MR) is 61.1 cm³/mol. The molecule has 0 aliphatic carbocycles. The molecule has 0 fully saturated rings. The molecule has 0 spiro atoms. The van der Waals surface area contributed by atoms with Crippen LogP contribution in [0.2, 0.25) is 0 Å². The summed E-state index contributed by atoms with van der Waals surface area (Å²) < 4.78 is 6.87. The van der Waals surface area contributed by atoms with Crippen LogP contribution in [-0.4, -0.2) is 14.7 Å². The minimum Gasteiger partial charge on any atom is -0.364 e. The molecule has 0 atom stereocenters. The average molecular weight is 231 g/mol. The lowest BCUT2D eigenvalue weighted by molar-refractivity contribution is 0.410. The van der Waals surface area contributed by atoms with Crippen molar-refractivity contribution < 1.29 is 4.52 Å². The van der Waals surface area contributed by atoms with Crippen molar-refractivity contribution in [3.05, 3.63) is 47.9 Å². The van der Waals surface area contributed by atoms with Crippen molar-refractivity contribution in [1.82, 2.24) is 14.7 Å². The van der Waals surface area contributed by atoms with Gasteiger partial charge in [-0.3, -0.25) is 0 Å². The zero-order valence-corrected chi connectivity index (χ0v) is 9.22. The fourth-order valence-electron chi connectivity index (χ4n) is 1.56. The summed E-state index contributed by atoms with van der Waals surface area (Å²) in [5, 5.41) is 5.94. The van der Waals surface area contributed by atoms with Crippen LogP contribution < -0.4 is 0 Å². The number of rotatable bonds is 3. The molecule has 80 valence electrons. The maximum absolute atomic E-state index is 4.81. The molecule has 0 saturated carbocycles. The van der Waals surface area contributed by atoms with Crippen LogP contribution in [-0.2, 0) is 6.54 Å². The molecule has 0 aliphatic rings. The van der Waals surface area contributed by atoms with E-state index in [1.165, 1.54) is 0 Å². The summed E-state index contributed by atoms with van der Waals surface area (Å²) in [5.41, 5.74) is 0.899. The third kappa shape index (κ3) is 1.65. The second kappa shape index (κ2) is 3.94. The summed E-state index contributed by atoms with van der Waals surface area (Å²) in [4.78, 5) is 5.51. The molecule has 0 amide bonds. The van der Waals surface area contributed by atoms with E-state index in [-0.39, 0.29) is 0 Å². The van der Waals surface area contributed by atoms with Crippen LogP contribution in [0.25, 0.3) is 10.7 Å². The van der Waals surface area contributed by atoms with E-state index in [0.29, 0.717) is 6.54 Å². The van der Waals surface area contributed by atoms with Gasteiger partial charge in [-0.25, -0.2) is 4.98 Å². The molecule has 4 nitrogen and oxygen atoms in total. The summed E-state index contributed by atoms with van der Waals surface area (Å²) in [6, 6.07) is 5.94. The van der Waals surface area contributed by atoms with E-state index in [1.54, 1.807) is 23.8 Å². The van der Waals surface area contributed by atoms with Crippen molar-refractivity contribution >= 4 is 11.3 Å². The molecule has 0 radical (unpaired) electrons. The van der Waals surface area contributed by atoms with Gasteiger partial charge in [0, 0.05) is 18.5 Å². The van der Waals surface area contributed by atoms with Crippen LogP contribution in [0.5, 0.6) is 0 Å². The predicted octanol–water partition coefficient (Wildman–Crippen LogP) is 2.65. The quantitative estimate of drug-likeness (QED) is 0.696. The van der Waals surface area contributed by atoms with E-state index in [2.05, 4.69) is 20.8 Å². The molecule has 0 saturated heterocycles. The number of imidazole rings is 1. The van der Waals surface area contributed by atoms with Gasteiger partial charge in [-0.2, -0.15) is 0 Å². The first-order valence-corrected chi connectivity index (χ1v) is 5.76. The van der Waals surface area contributed by atoms with Gasteiger partial charge in [-0.05, 0) is 11.4 Å². The summed E-state index contributed by atoms with van der Waals surface area (Å²) in [6.45, 7) is 0.684. The van der Waals surface area contributed by atoms with Gasteiger partial charge >= 0.3 is 0 Å². The fraction of sp³-hybridized carbons (Fsp3) is 0.0909. The molecular formula is C11H9N3OS. The van der Waals surface area contributed by atoms with Crippen molar-refractivity contribution in [2.75, 3.05) is 0 Å². The highest BCUT2D eigenvalue weighted by Gasteiger charge is 2.08.